The van der Waals surface area contributed by atoms with E-state index in [1.54, 1.807) is 6.20 Å². The fourth-order valence-electron chi connectivity index (χ4n) is 5.81. The topological polar surface area (TPSA) is 78.4 Å². The van der Waals surface area contributed by atoms with E-state index in [0.717, 1.165) is 38.5 Å². The van der Waals surface area contributed by atoms with Crippen molar-refractivity contribution in [2.45, 2.75) is 50.8 Å². The zero-order valence-corrected chi connectivity index (χ0v) is 18.0. The van der Waals surface area contributed by atoms with E-state index in [1.165, 1.54) is 37.4 Å². The van der Waals surface area contributed by atoms with E-state index in [4.69, 9.17) is 15.6 Å². The second-order valence-electron chi connectivity index (χ2n) is 9.69. The zero-order chi connectivity index (χ0) is 21.8. The van der Waals surface area contributed by atoms with Crippen molar-refractivity contribution in [2.24, 2.45) is 17.8 Å². The molecule has 1 aliphatic heterocycles. The van der Waals surface area contributed by atoms with Crippen molar-refractivity contribution in [3.63, 3.8) is 0 Å². The molecule has 3 saturated carbocycles. The quantitative estimate of drug-likeness (QED) is 0.704. The number of nitrogens with two attached hydrogens (primary N) is 1. The third-order valence-corrected chi connectivity index (χ3v) is 7.66. The number of aromatic nitrogens is 3. The van der Waals surface area contributed by atoms with Crippen LogP contribution in [0, 0.1) is 17.8 Å². The minimum atomic E-state index is -2.94. The Morgan fingerprint density at radius 1 is 1.16 bits per heavy atom. The number of halogens is 2. The van der Waals surface area contributed by atoms with Crippen LogP contribution in [-0.2, 0) is 11.3 Å². The molecule has 3 aliphatic carbocycles. The number of nitrogen functional groups attached to an aromatic ring is 1. The molecule has 1 saturated heterocycles. The van der Waals surface area contributed by atoms with Gasteiger partial charge in [-0.15, -0.1) is 0 Å². The molecule has 2 aromatic heterocycles. The van der Waals surface area contributed by atoms with Gasteiger partial charge < -0.3 is 15.2 Å². The molecule has 0 bridgehead atoms. The van der Waals surface area contributed by atoms with Gasteiger partial charge in [0.25, 0.3) is 0 Å². The van der Waals surface area contributed by atoms with Crippen LogP contribution in [0.15, 0.2) is 18.3 Å². The smallest absolute Gasteiger partial charge is 0.387 e. The predicted octanol–water partition coefficient (Wildman–Crippen LogP) is 3.36. The van der Waals surface area contributed by atoms with Crippen LogP contribution in [0.25, 0.3) is 11.3 Å². The molecular weight excluding hydrogens is 416 g/mol. The normalized spacial score (nSPS) is 30.0. The number of fused-ring (bicyclic) bond motifs is 1. The summed E-state index contributed by atoms with van der Waals surface area (Å²) in [5.41, 5.74) is 8.41. The van der Waals surface area contributed by atoms with E-state index in [0.29, 0.717) is 35.3 Å². The lowest BCUT2D eigenvalue weighted by Gasteiger charge is -2.33. The summed E-state index contributed by atoms with van der Waals surface area (Å²) in [5, 5.41) is 4.87. The number of anilines is 1. The predicted molar refractivity (Wildman–Crippen MR) is 114 cm³/mol. The lowest BCUT2D eigenvalue weighted by atomic mass is 10.0. The standard InChI is InChI=1S/C23H29F2N5O2/c24-23(25)32-20-7-14(11-27-22(20)26)18-10-19(30(28-18)12-13-1-2-13)21-16-8-15(9-17(16)21)29-3-5-31-6-4-29/h7,10-11,13,15-17,21,23H,1-6,8-9,12H2,(H2,26,27). The van der Waals surface area contributed by atoms with Crippen LogP contribution in [0.1, 0.15) is 37.3 Å². The monoisotopic (exact) mass is 445 g/mol. The molecule has 0 spiro atoms. The van der Waals surface area contributed by atoms with E-state index in [2.05, 4.69) is 25.4 Å². The summed E-state index contributed by atoms with van der Waals surface area (Å²) in [7, 11) is 0. The first kappa shape index (κ1) is 20.4. The number of hydrogen-bond donors (Lipinski definition) is 1. The van der Waals surface area contributed by atoms with Gasteiger partial charge in [-0.3, -0.25) is 9.58 Å². The first-order valence-electron chi connectivity index (χ1n) is 11.7. The minimum absolute atomic E-state index is 0.0439. The second kappa shape index (κ2) is 7.95. The van der Waals surface area contributed by atoms with Crippen molar-refractivity contribution in [3.05, 3.63) is 24.0 Å². The van der Waals surface area contributed by atoms with E-state index < -0.39 is 6.61 Å². The zero-order valence-electron chi connectivity index (χ0n) is 18.0. The molecule has 172 valence electrons. The Labute approximate surface area is 185 Å². The summed E-state index contributed by atoms with van der Waals surface area (Å²) in [6.45, 7) is 1.78. The Hall–Kier alpha value is -2.26. The van der Waals surface area contributed by atoms with Gasteiger partial charge in [0.05, 0.1) is 18.9 Å². The van der Waals surface area contributed by atoms with Crippen molar-refractivity contribution >= 4 is 5.82 Å². The summed E-state index contributed by atoms with van der Waals surface area (Å²) < 4.78 is 37.7. The molecule has 7 nitrogen and oxygen atoms in total. The number of hydrogen-bond acceptors (Lipinski definition) is 6. The third-order valence-electron chi connectivity index (χ3n) is 7.66. The second-order valence-corrected chi connectivity index (χ2v) is 9.69. The number of ether oxygens (including phenoxy) is 2. The molecule has 3 heterocycles. The molecule has 2 atom stereocenters. The molecular formula is C23H29F2N5O2. The molecule has 4 aliphatic rings. The van der Waals surface area contributed by atoms with Gasteiger partial charge in [-0.2, -0.15) is 13.9 Å². The number of rotatable bonds is 7. The number of morpholine rings is 1. The van der Waals surface area contributed by atoms with E-state index in [-0.39, 0.29) is 11.6 Å². The van der Waals surface area contributed by atoms with Crippen molar-refractivity contribution in [1.29, 1.82) is 0 Å². The van der Waals surface area contributed by atoms with Crippen LogP contribution in [0.2, 0.25) is 0 Å². The van der Waals surface area contributed by atoms with E-state index in [9.17, 15) is 8.78 Å². The van der Waals surface area contributed by atoms with Gasteiger partial charge in [-0.05, 0) is 55.6 Å². The molecule has 9 heteroatoms. The van der Waals surface area contributed by atoms with Crippen LogP contribution in [-0.4, -0.2) is 58.6 Å². The van der Waals surface area contributed by atoms with Crippen molar-refractivity contribution in [3.8, 4) is 17.0 Å². The molecule has 2 N–H and O–H groups in total. The molecule has 0 amide bonds. The third kappa shape index (κ3) is 3.85. The Balaban J connectivity index is 1.23. The van der Waals surface area contributed by atoms with Crippen molar-refractivity contribution in [1.82, 2.24) is 19.7 Å². The van der Waals surface area contributed by atoms with Gasteiger partial charge in [0.15, 0.2) is 11.6 Å². The fourth-order valence-corrected chi connectivity index (χ4v) is 5.81. The Bertz CT molecular complexity index is 977. The highest BCUT2D eigenvalue weighted by atomic mass is 19.3. The fraction of sp³-hybridized carbons (Fsp3) is 0.652. The largest absolute Gasteiger partial charge is 0.431 e. The van der Waals surface area contributed by atoms with Gasteiger partial charge in [-0.1, -0.05) is 0 Å². The molecule has 0 aromatic carbocycles. The number of pyridine rings is 1. The molecule has 2 aromatic rings. The molecule has 32 heavy (non-hydrogen) atoms. The first-order chi connectivity index (χ1) is 15.6. The minimum Gasteiger partial charge on any atom is -0.431 e. The average Bonchev–Trinajstić information content (AvgIpc) is 3.63. The van der Waals surface area contributed by atoms with E-state index >= 15 is 0 Å². The van der Waals surface area contributed by atoms with Crippen LogP contribution in [0.5, 0.6) is 5.75 Å². The van der Waals surface area contributed by atoms with Gasteiger partial charge in [0.1, 0.15) is 0 Å². The SMILES string of the molecule is Nc1ncc(-c2cc(C3C4CC(N5CCOCC5)CC43)n(CC3CC3)n2)cc1OC(F)F. The Morgan fingerprint density at radius 3 is 2.59 bits per heavy atom. The highest BCUT2D eigenvalue weighted by Crippen LogP contribution is 2.64. The highest BCUT2D eigenvalue weighted by Gasteiger charge is 2.58. The molecule has 0 radical (unpaired) electrons. The lowest BCUT2D eigenvalue weighted by Crippen LogP contribution is -2.43. The van der Waals surface area contributed by atoms with Crippen LogP contribution in [0.4, 0.5) is 14.6 Å². The first-order valence-corrected chi connectivity index (χ1v) is 11.7. The number of nitrogens with zero attached hydrogens (tertiary/aromatic N) is 4. The molecule has 2 unspecified atom stereocenters. The highest BCUT2D eigenvalue weighted by molar-refractivity contribution is 5.64. The van der Waals surface area contributed by atoms with E-state index in [1.807, 2.05) is 0 Å². The summed E-state index contributed by atoms with van der Waals surface area (Å²) >= 11 is 0. The summed E-state index contributed by atoms with van der Waals surface area (Å²) in [6.07, 6.45) is 6.58. The lowest BCUT2D eigenvalue weighted by molar-refractivity contribution is -0.0494. The maximum Gasteiger partial charge on any atom is 0.387 e. The summed E-state index contributed by atoms with van der Waals surface area (Å²) in [5.74, 6) is 2.53. The van der Waals surface area contributed by atoms with Crippen LogP contribution in [0.3, 0.4) is 0 Å². The maximum absolute atomic E-state index is 12.7. The molecule has 4 fully saturated rings. The Morgan fingerprint density at radius 2 is 1.91 bits per heavy atom. The van der Waals surface area contributed by atoms with Crippen molar-refractivity contribution in [2.75, 3.05) is 32.0 Å². The molecule has 6 rings (SSSR count). The van der Waals surface area contributed by atoms with Gasteiger partial charge in [-0.25, -0.2) is 4.98 Å². The number of alkyl halides is 2. The summed E-state index contributed by atoms with van der Waals surface area (Å²) in [4.78, 5) is 6.66. The summed E-state index contributed by atoms with van der Waals surface area (Å²) in [6, 6.07) is 4.33. The Kier molecular flexibility index (Phi) is 5.06. The van der Waals surface area contributed by atoms with Gasteiger partial charge >= 0.3 is 6.61 Å². The van der Waals surface area contributed by atoms with Crippen LogP contribution >= 0.6 is 0 Å². The van der Waals surface area contributed by atoms with Crippen LogP contribution < -0.4 is 10.5 Å². The van der Waals surface area contributed by atoms with Gasteiger partial charge in [0, 0.05) is 49.0 Å². The maximum atomic E-state index is 12.7. The average molecular weight is 446 g/mol. The van der Waals surface area contributed by atoms with Crippen molar-refractivity contribution < 1.29 is 18.3 Å². The van der Waals surface area contributed by atoms with Gasteiger partial charge in [0.2, 0.25) is 0 Å².